The molecule has 0 saturated carbocycles. The fraction of sp³-hybridized carbons (Fsp3) is 0.478. The van der Waals surface area contributed by atoms with Crippen molar-refractivity contribution in [1.29, 1.82) is 0 Å². The predicted molar refractivity (Wildman–Crippen MR) is 122 cm³/mol. The quantitative estimate of drug-likeness (QED) is 0.467. The van der Waals surface area contributed by atoms with E-state index in [2.05, 4.69) is 15.4 Å². The van der Waals surface area contributed by atoms with Crippen molar-refractivity contribution in [2.24, 2.45) is 0 Å². The molecule has 0 radical (unpaired) electrons. The number of halogens is 5. The first kappa shape index (κ1) is 24.7. The van der Waals surface area contributed by atoms with E-state index in [0.717, 1.165) is 30.7 Å². The Bertz CT molecular complexity index is 1320. The summed E-state index contributed by atoms with van der Waals surface area (Å²) in [5.41, 5.74) is 1.62. The number of ether oxygens (including phenoxy) is 1. The summed E-state index contributed by atoms with van der Waals surface area (Å²) in [7, 11) is 0. The second-order valence-electron chi connectivity index (χ2n) is 8.93. The first-order chi connectivity index (χ1) is 17.2. The van der Waals surface area contributed by atoms with Gasteiger partial charge in [-0.1, -0.05) is 22.9 Å². The zero-order valence-corrected chi connectivity index (χ0v) is 19.9. The van der Waals surface area contributed by atoms with Gasteiger partial charge < -0.3 is 9.64 Å². The Hall–Kier alpha value is -2.99. The number of anilines is 1. The van der Waals surface area contributed by atoms with Crippen molar-refractivity contribution in [3.05, 3.63) is 68.1 Å². The smallest absolute Gasteiger partial charge is 0.362 e. The average Bonchev–Trinajstić information content (AvgIpc) is 3.24. The van der Waals surface area contributed by atoms with Gasteiger partial charge in [0.1, 0.15) is 16.5 Å². The molecule has 3 aromatic rings. The molecule has 4 heterocycles. The predicted octanol–water partition coefficient (Wildman–Crippen LogP) is 4.04. The van der Waals surface area contributed by atoms with Gasteiger partial charge in [-0.25, -0.2) is 9.07 Å². The molecular weight excluding hydrogens is 504 g/mol. The number of nitrogens with zero attached hydrogens (tertiary/aromatic N) is 6. The number of fused-ring (bicyclic) bond motifs is 1. The van der Waals surface area contributed by atoms with E-state index in [9.17, 15) is 22.4 Å². The van der Waals surface area contributed by atoms with Crippen molar-refractivity contribution in [3.63, 3.8) is 0 Å². The third-order valence-electron chi connectivity index (χ3n) is 6.45. The van der Waals surface area contributed by atoms with Crippen molar-refractivity contribution in [2.45, 2.75) is 57.6 Å². The van der Waals surface area contributed by atoms with Crippen LogP contribution in [0.1, 0.15) is 48.0 Å². The minimum atomic E-state index is -4.46. The van der Waals surface area contributed by atoms with Crippen LogP contribution in [0, 0.1) is 5.82 Å². The zero-order chi connectivity index (χ0) is 25.4. The van der Waals surface area contributed by atoms with Crippen LogP contribution < -0.4 is 10.5 Å². The standard InChI is InChI=1S/C23H23ClF4N6O2/c24-21-19(11-29-34(22(21)35)20-3-1-2-8-36-20)32-7-6-18-17(13-32)30-31-33(18)12-14-4-5-16(25)9-15(14)10-23(26,27)28/h4-5,9,11,20H,1-3,6-8,10,12-13H2. The number of benzene rings is 1. The molecule has 1 saturated heterocycles. The number of rotatable bonds is 5. The van der Waals surface area contributed by atoms with Gasteiger partial charge in [-0.15, -0.1) is 5.10 Å². The van der Waals surface area contributed by atoms with E-state index >= 15 is 0 Å². The molecule has 36 heavy (non-hydrogen) atoms. The van der Waals surface area contributed by atoms with Gasteiger partial charge in [-0.3, -0.25) is 4.79 Å². The van der Waals surface area contributed by atoms with E-state index in [4.69, 9.17) is 16.3 Å². The summed E-state index contributed by atoms with van der Waals surface area (Å²) in [5.74, 6) is -0.725. The van der Waals surface area contributed by atoms with Gasteiger partial charge in [0.15, 0.2) is 6.23 Å². The van der Waals surface area contributed by atoms with Gasteiger partial charge in [0.05, 0.1) is 37.1 Å². The van der Waals surface area contributed by atoms with Crippen LogP contribution in [0.3, 0.4) is 0 Å². The maximum Gasteiger partial charge on any atom is 0.393 e. The first-order valence-corrected chi connectivity index (χ1v) is 12.0. The summed E-state index contributed by atoms with van der Waals surface area (Å²) >= 11 is 6.44. The normalized spacial score (nSPS) is 18.4. The lowest BCUT2D eigenvalue weighted by Gasteiger charge is -2.29. The van der Waals surface area contributed by atoms with E-state index in [-0.39, 0.29) is 17.1 Å². The lowest BCUT2D eigenvalue weighted by molar-refractivity contribution is -0.127. The topological polar surface area (TPSA) is 78.1 Å². The van der Waals surface area contributed by atoms with Gasteiger partial charge in [-0.2, -0.15) is 23.0 Å². The SMILES string of the molecule is O=c1c(Cl)c(N2CCc3c(nnn3Cc3ccc(F)cc3CC(F)(F)F)C2)cnn1C1CCCCO1. The molecule has 2 aromatic heterocycles. The lowest BCUT2D eigenvalue weighted by Crippen LogP contribution is -2.36. The molecule has 0 amide bonds. The summed E-state index contributed by atoms with van der Waals surface area (Å²) < 4.78 is 61.1. The third kappa shape index (κ3) is 5.10. The molecule has 1 fully saturated rings. The third-order valence-corrected chi connectivity index (χ3v) is 6.81. The van der Waals surface area contributed by atoms with Crippen molar-refractivity contribution in [1.82, 2.24) is 24.8 Å². The summed E-state index contributed by atoms with van der Waals surface area (Å²) in [4.78, 5) is 14.7. The summed E-state index contributed by atoms with van der Waals surface area (Å²) in [5, 5.41) is 12.7. The molecule has 1 aromatic carbocycles. The van der Waals surface area contributed by atoms with E-state index in [0.29, 0.717) is 49.5 Å². The van der Waals surface area contributed by atoms with E-state index in [1.807, 2.05) is 4.90 Å². The van der Waals surface area contributed by atoms with Crippen LogP contribution in [-0.2, 0) is 30.7 Å². The molecule has 0 N–H and O–H groups in total. The molecule has 0 aliphatic carbocycles. The number of hydrogen-bond acceptors (Lipinski definition) is 6. The van der Waals surface area contributed by atoms with Crippen LogP contribution >= 0.6 is 11.6 Å². The number of hydrogen-bond donors (Lipinski definition) is 0. The lowest BCUT2D eigenvalue weighted by atomic mass is 10.0. The zero-order valence-electron chi connectivity index (χ0n) is 19.1. The molecule has 2 aliphatic heterocycles. The second-order valence-corrected chi connectivity index (χ2v) is 9.31. The molecule has 0 spiro atoms. The molecule has 192 valence electrons. The van der Waals surface area contributed by atoms with E-state index in [1.54, 1.807) is 6.20 Å². The highest BCUT2D eigenvalue weighted by Gasteiger charge is 2.30. The van der Waals surface area contributed by atoms with Crippen molar-refractivity contribution >= 4 is 17.3 Å². The summed E-state index contributed by atoms with van der Waals surface area (Å²) in [6.45, 7) is 1.38. The number of aromatic nitrogens is 5. The fourth-order valence-electron chi connectivity index (χ4n) is 4.67. The molecule has 8 nitrogen and oxygen atoms in total. The molecule has 5 rings (SSSR count). The van der Waals surface area contributed by atoms with Crippen LogP contribution in [0.25, 0.3) is 0 Å². The van der Waals surface area contributed by atoms with Crippen molar-refractivity contribution in [3.8, 4) is 0 Å². The largest absolute Gasteiger partial charge is 0.393 e. The minimum absolute atomic E-state index is 0.0355. The highest BCUT2D eigenvalue weighted by atomic mass is 35.5. The summed E-state index contributed by atoms with van der Waals surface area (Å²) in [6.07, 6.45) is -1.53. The highest BCUT2D eigenvalue weighted by molar-refractivity contribution is 6.33. The molecule has 1 atom stereocenters. The highest BCUT2D eigenvalue weighted by Crippen LogP contribution is 2.29. The van der Waals surface area contributed by atoms with Crippen LogP contribution in [0.15, 0.2) is 29.2 Å². The molecule has 2 aliphatic rings. The van der Waals surface area contributed by atoms with Crippen molar-refractivity contribution in [2.75, 3.05) is 18.1 Å². The van der Waals surface area contributed by atoms with Crippen molar-refractivity contribution < 1.29 is 22.3 Å². The first-order valence-electron chi connectivity index (χ1n) is 11.6. The maximum atomic E-state index is 13.6. The van der Waals surface area contributed by atoms with E-state index in [1.165, 1.54) is 15.4 Å². The Morgan fingerprint density at radius 1 is 1.19 bits per heavy atom. The van der Waals surface area contributed by atoms with Gasteiger partial charge in [0.25, 0.3) is 5.56 Å². The Morgan fingerprint density at radius 3 is 2.78 bits per heavy atom. The van der Waals surface area contributed by atoms with Crippen LogP contribution in [0.4, 0.5) is 23.2 Å². The Labute approximate surface area is 208 Å². The van der Waals surface area contributed by atoms with Crippen LogP contribution in [0.2, 0.25) is 5.02 Å². The Kier molecular flexibility index (Phi) is 6.73. The maximum absolute atomic E-state index is 13.6. The molecule has 0 bridgehead atoms. The molecule has 13 heteroatoms. The average molecular weight is 527 g/mol. The van der Waals surface area contributed by atoms with Gasteiger partial charge in [-0.05, 0) is 42.5 Å². The van der Waals surface area contributed by atoms with Gasteiger partial charge in [0.2, 0.25) is 0 Å². The fourth-order valence-corrected chi connectivity index (χ4v) is 4.92. The Morgan fingerprint density at radius 2 is 2.03 bits per heavy atom. The monoisotopic (exact) mass is 526 g/mol. The van der Waals surface area contributed by atoms with E-state index < -0.39 is 30.2 Å². The minimum Gasteiger partial charge on any atom is -0.362 e. The molecular formula is C23H23ClF4N6O2. The van der Waals surface area contributed by atoms with Crippen LogP contribution in [0.5, 0.6) is 0 Å². The number of alkyl halides is 3. The molecule has 1 unspecified atom stereocenters. The summed E-state index contributed by atoms with van der Waals surface area (Å²) in [6, 6.07) is 3.38. The van der Waals surface area contributed by atoms with Gasteiger partial charge >= 0.3 is 6.18 Å². The van der Waals surface area contributed by atoms with Gasteiger partial charge in [0, 0.05) is 19.6 Å². The Balaban J connectivity index is 1.35. The van der Waals surface area contributed by atoms with Crippen LogP contribution in [-0.4, -0.2) is 44.1 Å². The second kappa shape index (κ2) is 9.81.